The van der Waals surface area contributed by atoms with E-state index in [1.165, 1.54) is 0 Å². The quantitative estimate of drug-likeness (QED) is 0.521. The summed E-state index contributed by atoms with van der Waals surface area (Å²) < 4.78 is 0. The van der Waals surface area contributed by atoms with Crippen molar-refractivity contribution < 1.29 is 20.4 Å². The van der Waals surface area contributed by atoms with Gasteiger partial charge in [0.15, 0.2) is 0 Å². The van der Waals surface area contributed by atoms with Gasteiger partial charge in [0.1, 0.15) is 0 Å². The lowest BCUT2D eigenvalue weighted by molar-refractivity contribution is -0.207. The molecule has 0 aromatic heterocycles. The molecule has 29 heavy (non-hydrogen) atoms. The number of rotatable bonds is 4. The van der Waals surface area contributed by atoms with Crippen molar-refractivity contribution in [3.05, 3.63) is 12.3 Å². The molecule has 0 aromatic rings. The maximum Gasteiger partial charge on any atom is 0.0851 e. The van der Waals surface area contributed by atoms with Gasteiger partial charge in [0.05, 0.1) is 24.1 Å². The fourth-order valence-electron chi connectivity index (χ4n) is 8.73. The van der Waals surface area contributed by atoms with Crippen molar-refractivity contribution in [2.45, 2.75) is 96.9 Å². The zero-order valence-corrected chi connectivity index (χ0v) is 18.6. The van der Waals surface area contributed by atoms with Crippen molar-refractivity contribution in [3.63, 3.8) is 0 Å². The monoisotopic (exact) mass is 406 g/mol. The lowest BCUT2D eigenvalue weighted by atomic mass is 9.43. The minimum absolute atomic E-state index is 0.129. The molecule has 4 fully saturated rings. The van der Waals surface area contributed by atoms with E-state index in [9.17, 15) is 20.4 Å². The number of allylic oxidation sites excluding steroid dienone is 1. The van der Waals surface area contributed by atoms with Crippen molar-refractivity contribution >= 4 is 0 Å². The van der Waals surface area contributed by atoms with Crippen LogP contribution in [-0.4, -0.2) is 38.7 Å². The van der Waals surface area contributed by atoms with Crippen LogP contribution in [0.15, 0.2) is 12.3 Å². The third kappa shape index (κ3) is 3.29. The van der Waals surface area contributed by atoms with Gasteiger partial charge in [-0.15, -0.1) is 0 Å². The molecule has 4 rings (SSSR count). The number of aliphatic hydroxyl groups excluding tert-OH is 4. The van der Waals surface area contributed by atoms with E-state index < -0.39 is 0 Å². The molecule has 0 saturated heterocycles. The summed E-state index contributed by atoms with van der Waals surface area (Å²) in [6.45, 7) is 10.6. The van der Waals surface area contributed by atoms with Crippen molar-refractivity contribution in [1.82, 2.24) is 0 Å². The van der Waals surface area contributed by atoms with Crippen LogP contribution in [0.4, 0.5) is 0 Å². The van der Waals surface area contributed by atoms with Gasteiger partial charge in [0, 0.05) is 6.42 Å². The molecular formula is C25H42O4. The molecule has 0 unspecified atom stereocenters. The van der Waals surface area contributed by atoms with Gasteiger partial charge in [-0.2, -0.15) is 0 Å². The van der Waals surface area contributed by atoms with Gasteiger partial charge in [-0.3, -0.25) is 0 Å². The van der Waals surface area contributed by atoms with Crippen LogP contribution in [0.1, 0.15) is 78.6 Å². The van der Waals surface area contributed by atoms with Gasteiger partial charge in [-0.1, -0.05) is 27.4 Å². The standard InChI is InChI=1S/C25H42O4/c1-14(5-6-15(2)26)18-7-8-19-23-20(13-22(29)25(18,19)4)24(3)10-9-17(27)11-16(24)12-21(23)28/h14,16-23,26-29H,2,5-13H2,1,3-4H3/t14-,16+,17-,18-,19+,20+,21-,22+,23+,24+,25-/m1/s1. The summed E-state index contributed by atoms with van der Waals surface area (Å²) in [5.74, 6) is 2.45. The maximum atomic E-state index is 11.5. The number of hydrogen-bond acceptors (Lipinski definition) is 4. The van der Waals surface area contributed by atoms with E-state index in [1.807, 2.05) is 0 Å². The van der Waals surface area contributed by atoms with Crippen LogP contribution in [0.25, 0.3) is 0 Å². The molecule has 0 amide bonds. The molecular weight excluding hydrogens is 364 g/mol. The predicted molar refractivity (Wildman–Crippen MR) is 114 cm³/mol. The Morgan fingerprint density at radius 1 is 1.03 bits per heavy atom. The summed E-state index contributed by atoms with van der Waals surface area (Å²) in [4.78, 5) is 0. The largest absolute Gasteiger partial charge is 0.513 e. The molecule has 4 aliphatic carbocycles. The van der Waals surface area contributed by atoms with Gasteiger partial charge < -0.3 is 20.4 Å². The number of aliphatic hydroxyl groups is 4. The van der Waals surface area contributed by atoms with Gasteiger partial charge in [0.2, 0.25) is 0 Å². The fourth-order valence-corrected chi connectivity index (χ4v) is 8.73. The smallest absolute Gasteiger partial charge is 0.0851 e. The highest BCUT2D eigenvalue weighted by Crippen LogP contribution is 2.68. The predicted octanol–water partition coefficient (Wildman–Crippen LogP) is 4.44. The van der Waals surface area contributed by atoms with E-state index in [-0.39, 0.29) is 40.8 Å². The number of fused-ring (bicyclic) bond motifs is 5. The molecule has 0 bridgehead atoms. The van der Waals surface area contributed by atoms with Crippen molar-refractivity contribution in [2.75, 3.05) is 0 Å². The average Bonchev–Trinajstić information content (AvgIpc) is 3.01. The summed E-state index contributed by atoms with van der Waals surface area (Å²) in [6, 6.07) is 0. The molecule has 0 aliphatic heterocycles. The van der Waals surface area contributed by atoms with Crippen LogP contribution in [0, 0.1) is 46.3 Å². The Hall–Kier alpha value is -0.580. The van der Waals surface area contributed by atoms with Crippen LogP contribution in [0.3, 0.4) is 0 Å². The average molecular weight is 407 g/mol. The first-order chi connectivity index (χ1) is 13.6. The normalized spacial score (nSPS) is 52.9. The van der Waals surface area contributed by atoms with E-state index in [2.05, 4.69) is 27.4 Å². The van der Waals surface area contributed by atoms with E-state index in [0.717, 1.165) is 51.4 Å². The number of hydrogen-bond donors (Lipinski definition) is 4. The first-order valence-electron chi connectivity index (χ1n) is 12.0. The Balaban J connectivity index is 1.61. The molecule has 4 N–H and O–H groups in total. The van der Waals surface area contributed by atoms with E-state index in [4.69, 9.17) is 0 Å². The fraction of sp³-hybridized carbons (Fsp3) is 0.920. The van der Waals surface area contributed by atoms with Crippen molar-refractivity contribution in [3.8, 4) is 0 Å². The third-order valence-electron chi connectivity index (χ3n) is 10.4. The zero-order chi connectivity index (χ0) is 21.1. The minimum Gasteiger partial charge on any atom is -0.513 e. The zero-order valence-electron chi connectivity index (χ0n) is 18.6. The Kier molecular flexibility index (Phi) is 5.62. The van der Waals surface area contributed by atoms with Gasteiger partial charge in [0.25, 0.3) is 0 Å². The molecule has 0 spiro atoms. The Labute approximate surface area is 176 Å². The third-order valence-corrected chi connectivity index (χ3v) is 10.4. The molecule has 0 radical (unpaired) electrons. The van der Waals surface area contributed by atoms with Crippen LogP contribution < -0.4 is 0 Å². The first kappa shape index (κ1) is 21.6. The molecule has 4 saturated carbocycles. The molecule has 4 aliphatic rings. The van der Waals surface area contributed by atoms with Gasteiger partial charge in [-0.05, 0) is 97.7 Å². The van der Waals surface area contributed by atoms with Crippen LogP contribution in [0.2, 0.25) is 0 Å². The van der Waals surface area contributed by atoms with Crippen LogP contribution >= 0.6 is 0 Å². The van der Waals surface area contributed by atoms with Crippen LogP contribution in [-0.2, 0) is 0 Å². The molecule has 11 atom stereocenters. The summed E-state index contributed by atoms with van der Waals surface area (Å²) in [5, 5.41) is 42.6. The van der Waals surface area contributed by atoms with Crippen LogP contribution in [0.5, 0.6) is 0 Å². The molecule has 0 aromatic carbocycles. The second-order valence-electron chi connectivity index (χ2n) is 11.6. The minimum atomic E-state index is -0.337. The second kappa shape index (κ2) is 7.53. The Bertz CT molecular complexity index is 634. The van der Waals surface area contributed by atoms with E-state index in [0.29, 0.717) is 36.0 Å². The lowest BCUT2D eigenvalue weighted by Crippen LogP contribution is -2.62. The van der Waals surface area contributed by atoms with E-state index >= 15 is 0 Å². The highest BCUT2D eigenvalue weighted by atomic mass is 16.3. The van der Waals surface area contributed by atoms with Crippen molar-refractivity contribution in [2.24, 2.45) is 46.3 Å². The lowest BCUT2D eigenvalue weighted by Gasteiger charge is -2.63. The molecule has 4 nitrogen and oxygen atoms in total. The van der Waals surface area contributed by atoms with Gasteiger partial charge >= 0.3 is 0 Å². The second-order valence-corrected chi connectivity index (χ2v) is 11.6. The Morgan fingerprint density at radius 3 is 2.45 bits per heavy atom. The summed E-state index contributed by atoms with van der Waals surface area (Å²) in [7, 11) is 0. The first-order valence-corrected chi connectivity index (χ1v) is 12.0. The van der Waals surface area contributed by atoms with Crippen molar-refractivity contribution in [1.29, 1.82) is 0 Å². The summed E-state index contributed by atoms with van der Waals surface area (Å²) in [5.41, 5.74) is -0.0283. The maximum absolute atomic E-state index is 11.5. The molecule has 0 heterocycles. The summed E-state index contributed by atoms with van der Waals surface area (Å²) in [6.07, 6.45) is 7.12. The molecule has 166 valence electrons. The molecule has 4 heteroatoms. The highest BCUT2D eigenvalue weighted by Gasteiger charge is 2.65. The van der Waals surface area contributed by atoms with Gasteiger partial charge in [-0.25, -0.2) is 0 Å². The highest BCUT2D eigenvalue weighted by molar-refractivity contribution is 5.14. The van der Waals surface area contributed by atoms with E-state index in [1.54, 1.807) is 0 Å². The summed E-state index contributed by atoms with van der Waals surface area (Å²) >= 11 is 0. The Morgan fingerprint density at radius 2 is 1.76 bits per heavy atom. The topological polar surface area (TPSA) is 80.9 Å². The SMILES string of the molecule is C=C(O)CC[C@@H](C)[C@H]1CC[C@H]2[C@@H]3[C@H](O)C[C@@H]4C[C@H](O)CC[C@]4(C)[C@H]3C[C@H](O)[C@]12C.